The van der Waals surface area contributed by atoms with Crippen LogP contribution in [0.15, 0.2) is 0 Å². The van der Waals surface area contributed by atoms with E-state index in [4.69, 9.17) is 5.11 Å². The number of carbonyl (C=O) groups is 1. The molecule has 1 aliphatic carbocycles. The summed E-state index contributed by atoms with van der Waals surface area (Å²) >= 11 is 0. The zero-order valence-corrected chi connectivity index (χ0v) is 7.70. The van der Waals surface area contributed by atoms with Gasteiger partial charge in [-0.25, -0.2) is 0 Å². The van der Waals surface area contributed by atoms with Gasteiger partial charge in [-0.1, -0.05) is 12.8 Å². The van der Waals surface area contributed by atoms with E-state index in [1.165, 1.54) is 12.8 Å². The van der Waals surface area contributed by atoms with Crippen LogP contribution in [0.25, 0.3) is 0 Å². The smallest absolute Gasteiger partial charge is 0.317 e. The number of aliphatic carboxylic acids is 1. The Hall–Kier alpha value is -0.610. The summed E-state index contributed by atoms with van der Waals surface area (Å²) in [7, 11) is 0. The Morgan fingerprint density at radius 1 is 1.46 bits per heavy atom. The molecular formula is C9H17NO3. The first-order valence-electron chi connectivity index (χ1n) is 4.80. The molecule has 0 radical (unpaired) electrons. The molecule has 13 heavy (non-hydrogen) atoms. The molecule has 1 rings (SSSR count). The third-order valence-corrected chi connectivity index (χ3v) is 2.57. The van der Waals surface area contributed by atoms with Crippen LogP contribution < -0.4 is 5.32 Å². The molecule has 1 saturated carbocycles. The molecule has 4 nitrogen and oxygen atoms in total. The van der Waals surface area contributed by atoms with E-state index in [1.54, 1.807) is 0 Å². The van der Waals surface area contributed by atoms with Crippen molar-refractivity contribution < 1.29 is 15.0 Å². The van der Waals surface area contributed by atoms with Crippen molar-refractivity contribution in [2.24, 2.45) is 5.92 Å². The molecule has 0 aromatic rings. The lowest BCUT2D eigenvalue weighted by Crippen LogP contribution is -2.34. The van der Waals surface area contributed by atoms with Gasteiger partial charge in [0.15, 0.2) is 0 Å². The minimum atomic E-state index is -0.876. The summed E-state index contributed by atoms with van der Waals surface area (Å²) in [5.41, 5.74) is 0. The van der Waals surface area contributed by atoms with Crippen LogP contribution in [0.2, 0.25) is 0 Å². The third kappa shape index (κ3) is 3.74. The molecule has 1 atom stereocenters. The highest BCUT2D eigenvalue weighted by molar-refractivity contribution is 5.68. The molecule has 0 aromatic heterocycles. The van der Waals surface area contributed by atoms with Crippen LogP contribution in [-0.2, 0) is 4.79 Å². The van der Waals surface area contributed by atoms with Crippen molar-refractivity contribution in [1.29, 1.82) is 0 Å². The maximum atomic E-state index is 10.2. The van der Waals surface area contributed by atoms with Gasteiger partial charge in [0, 0.05) is 6.54 Å². The summed E-state index contributed by atoms with van der Waals surface area (Å²) in [5, 5.41) is 20.7. The highest BCUT2D eigenvalue weighted by atomic mass is 16.4. The average Bonchev–Trinajstić information content (AvgIpc) is 2.55. The quantitative estimate of drug-likeness (QED) is 0.575. The lowest BCUT2D eigenvalue weighted by atomic mass is 10.0. The summed E-state index contributed by atoms with van der Waals surface area (Å²) in [6.45, 7) is 0.334. The molecule has 4 heteroatoms. The van der Waals surface area contributed by atoms with Gasteiger partial charge in [-0.05, 0) is 18.8 Å². The van der Waals surface area contributed by atoms with Gasteiger partial charge in [0.2, 0.25) is 0 Å². The van der Waals surface area contributed by atoms with Crippen LogP contribution in [0.3, 0.4) is 0 Å². The fraction of sp³-hybridized carbons (Fsp3) is 0.889. The monoisotopic (exact) mass is 187 g/mol. The van der Waals surface area contributed by atoms with E-state index in [2.05, 4.69) is 5.32 Å². The molecule has 1 aliphatic rings. The van der Waals surface area contributed by atoms with Gasteiger partial charge < -0.3 is 15.5 Å². The van der Waals surface area contributed by atoms with Gasteiger partial charge in [0.1, 0.15) is 0 Å². The fourth-order valence-electron chi connectivity index (χ4n) is 1.84. The van der Waals surface area contributed by atoms with Crippen LogP contribution >= 0.6 is 0 Å². The largest absolute Gasteiger partial charge is 0.480 e. The number of aliphatic hydroxyl groups is 1. The summed E-state index contributed by atoms with van der Waals surface area (Å²) in [5.74, 6) is -0.500. The number of carboxylic acid groups (broad SMARTS) is 1. The number of rotatable bonds is 5. The lowest BCUT2D eigenvalue weighted by molar-refractivity contribution is -0.136. The van der Waals surface area contributed by atoms with Gasteiger partial charge in [-0.2, -0.15) is 0 Å². The molecule has 0 saturated heterocycles. The molecule has 3 N–H and O–H groups in total. The number of nitrogens with one attached hydrogen (secondary N) is 1. The maximum absolute atomic E-state index is 10.2. The van der Waals surface area contributed by atoms with Crippen molar-refractivity contribution in [3.63, 3.8) is 0 Å². The van der Waals surface area contributed by atoms with Crippen molar-refractivity contribution >= 4 is 5.97 Å². The highest BCUT2D eigenvalue weighted by Crippen LogP contribution is 2.27. The van der Waals surface area contributed by atoms with Gasteiger partial charge in [-0.15, -0.1) is 0 Å². The Labute approximate surface area is 78.0 Å². The zero-order chi connectivity index (χ0) is 9.68. The minimum absolute atomic E-state index is 0.0657. The Kier molecular flexibility index (Phi) is 4.18. The molecular weight excluding hydrogens is 170 g/mol. The Morgan fingerprint density at radius 3 is 2.62 bits per heavy atom. The van der Waals surface area contributed by atoms with E-state index in [9.17, 15) is 9.90 Å². The second-order valence-corrected chi connectivity index (χ2v) is 3.64. The molecule has 0 bridgehead atoms. The SMILES string of the molecule is O=C(O)CNCC(O)C1CCCC1. The normalized spacial score (nSPS) is 20.4. The van der Waals surface area contributed by atoms with Gasteiger partial charge in [-0.3, -0.25) is 4.79 Å². The Morgan fingerprint density at radius 2 is 2.08 bits per heavy atom. The Bertz CT molecular complexity index is 166. The first-order valence-corrected chi connectivity index (χ1v) is 4.80. The predicted octanol–water partition coefficient (Wildman–Crippen LogP) is 0.212. The summed E-state index contributed by atoms with van der Waals surface area (Å²) < 4.78 is 0. The predicted molar refractivity (Wildman–Crippen MR) is 48.5 cm³/mol. The highest BCUT2D eigenvalue weighted by Gasteiger charge is 2.22. The van der Waals surface area contributed by atoms with Crippen LogP contribution in [0.4, 0.5) is 0 Å². The molecule has 76 valence electrons. The standard InChI is InChI=1S/C9H17NO3/c11-8(5-10-6-9(12)13)7-3-1-2-4-7/h7-8,10-11H,1-6H2,(H,12,13). The van der Waals surface area contributed by atoms with E-state index in [1.807, 2.05) is 0 Å². The second kappa shape index (κ2) is 5.19. The van der Waals surface area contributed by atoms with Crippen LogP contribution in [-0.4, -0.2) is 35.4 Å². The number of carboxylic acids is 1. The van der Waals surface area contributed by atoms with Crippen molar-refractivity contribution in [3.8, 4) is 0 Å². The van der Waals surface area contributed by atoms with Crippen LogP contribution in [0.1, 0.15) is 25.7 Å². The topological polar surface area (TPSA) is 69.6 Å². The molecule has 0 amide bonds. The Balaban J connectivity index is 2.09. The van der Waals surface area contributed by atoms with Crippen LogP contribution in [0.5, 0.6) is 0 Å². The molecule has 0 aliphatic heterocycles. The van der Waals surface area contributed by atoms with Crippen molar-refractivity contribution in [2.45, 2.75) is 31.8 Å². The molecule has 0 spiro atoms. The van der Waals surface area contributed by atoms with Gasteiger partial charge in [0.25, 0.3) is 0 Å². The van der Waals surface area contributed by atoms with Crippen LogP contribution in [0, 0.1) is 5.92 Å². The fourth-order valence-corrected chi connectivity index (χ4v) is 1.84. The van der Waals surface area contributed by atoms with E-state index in [-0.39, 0.29) is 12.6 Å². The molecule has 0 aromatic carbocycles. The zero-order valence-electron chi connectivity index (χ0n) is 7.70. The number of hydrogen-bond acceptors (Lipinski definition) is 3. The number of aliphatic hydroxyl groups excluding tert-OH is 1. The summed E-state index contributed by atoms with van der Waals surface area (Å²) in [4.78, 5) is 10.2. The van der Waals surface area contributed by atoms with E-state index < -0.39 is 5.97 Å². The van der Waals surface area contributed by atoms with Crippen molar-refractivity contribution in [2.75, 3.05) is 13.1 Å². The summed E-state index contributed by atoms with van der Waals surface area (Å²) in [6.07, 6.45) is 4.18. The van der Waals surface area contributed by atoms with E-state index >= 15 is 0 Å². The van der Waals surface area contributed by atoms with Gasteiger partial charge in [0.05, 0.1) is 12.6 Å². The van der Waals surface area contributed by atoms with Crippen molar-refractivity contribution in [3.05, 3.63) is 0 Å². The lowest BCUT2D eigenvalue weighted by Gasteiger charge is -2.17. The minimum Gasteiger partial charge on any atom is -0.480 e. The second-order valence-electron chi connectivity index (χ2n) is 3.64. The van der Waals surface area contributed by atoms with E-state index in [0.717, 1.165) is 12.8 Å². The van der Waals surface area contributed by atoms with Gasteiger partial charge >= 0.3 is 5.97 Å². The third-order valence-electron chi connectivity index (χ3n) is 2.57. The molecule has 1 fully saturated rings. The van der Waals surface area contributed by atoms with Crippen molar-refractivity contribution in [1.82, 2.24) is 5.32 Å². The molecule has 1 unspecified atom stereocenters. The number of hydrogen-bond donors (Lipinski definition) is 3. The first kappa shape index (κ1) is 10.5. The van der Waals surface area contributed by atoms with E-state index in [0.29, 0.717) is 12.5 Å². The summed E-state index contributed by atoms with van der Waals surface area (Å²) in [6, 6.07) is 0. The maximum Gasteiger partial charge on any atom is 0.317 e. The average molecular weight is 187 g/mol. The first-order chi connectivity index (χ1) is 6.20. The molecule has 0 heterocycles.